The summed E-state index contributed by atoms with van der Waals surface area (Å²) in [4.78, 5) is 37.9. The molecule has 0 spiro atoms. The van der Waals surface area contributed by atoms with Crippen molar-refractivity contribution in [3.63, 3.8) is 0 Å². The molecule has 8 nitrogen and oxygen atoms in total. The summed E-state index contributed by atoms with van der Waals surface area (Å²) in [5, 5.41) is 12.1. The lowest BCUT2D eigenvalue weighted by molar-refractivity contribution is -0.143. The van der Waals surface area contributed by atoms with E-state index in [0.717, 1.165) is 17.2 Å². The Hall–Kier alpha value is -5.37. The molecule has 1 aromatic heterocycles. The van der Waals surface area contributed by atoms with Gasteiger partial charge in [-0.3, -0.25) is 9.59 Å². The van der Waals surface area contributed by atoms with Gasteiger partial charge in [0, 0.05) is 5.56 Å². The molecule has 1 N–H and O–H groups in total. The van der Waals surface area contributed by atoms with Gasteiger partial charge in [0.05, 0.1) is 24.9 Å². The van der Waals surface area contributed by atoms with E-state index in [0.29, 0.717) is 29.0 Å². The third kappa shape index (κ3) is 7.41. The molecule has 0 saturated carbocycles. The number of esters is 1. The zero-order valence-electron chi connectivity index (χ0n) is 25.0. The van der Waals surface area contributed by atoms with E-state index in [9.17, 15) is 32.8 Å². The summed E-state index contributed by atoms with van der Waals surface area (Å²) < 4.78 is 53.6. The quantitative estimate of drug-likeness (QED) is 0.214. The van der Waals surface area contributed by atoms with Crippen molar-refractivity contribution >= 4 is 11.9 Å². The first-order chi connectivity index (χ1) is 21.4. The van der Waals surface area contributed by atoms with Crippen LogP contribution in [0, 0.1) is 25.2 Å². The summed E-state index contributed by atoms with van der Waals surface area (Å²) in [5.74, 6) is -0.463. The molecule has 11 heteroatoms. The van der Waals surface area contributed by atoms with Crippen LogP contribution in [0.1, 0.15) is 51.5 Å². The van der Waals surface area contributed by atoms with Gasteiger partial charge in [-0.15, -0.1) is 0 Å². The van der Waals surface area contributed by atoms with Crippen LogP contribution in [0.5, 0.6) is 11.5 Å². The van der Waals surface area contributed by atoms with Gasteiger partial charge in [0.25, 0.3) is 11.5 Å². The minimum atomic E-state index is -4.92. The molecule has 3 aromatic carbocycles. The largest absolute Gasteiger partial charge is 0.467 e. The average Bonchev–Trinajstić information content (AvgIpc) is 3.01. The molecule has 4 rings (SSSR count). The third-order valence-electron chi connectivity index (χ3n) is 7.23. The number of carbonyl (C=O) groups is 2. The Morgan fingerprint density at radius 1 is 1.00 bits per heavy atom. The number of alkyl halides is 3. The summed E-state index contributed by atoms with van der Waals surface area (Å²) in [6.07, 6.45) is -4.59. The lowest BCUT2D eigenvalue weighted by atomic mass is 10.0. The number of halogens is 3. The van der Waals surface area contributed by atoms with Crippen LogP contribution in [0.4, 0.5) is 13.2 Å². The second kappa shape index (κ2) is 13.5. The Kier molecular flexibility index (Phi) is 9.77. The maximum atomic E-state index is 14.0. The van der Waals surface area contributed by atoms with Crippen LogP contribution in [-0.4, -0.2) is 29.6 Å². The number of benzene rings is 3. The number of nitrogens with zero attached hydrogens (tertiary/aromatic N) is 2. The first-order valence-corrected chi connectivity index (χ1v) is 13.9. The molecular weight excluding hydrogens is 587 g/mol. The minimum absolute atomic E-state index is 0.0207. The number of carbonyl (C=O) groups excluding carboxylic acids is 2. The highest BCUT2D eigenvalue weighted by Gasteiger charge is 2.36. The monoisotopic (exact) mass is 617 g/mol. The van der Waals surface area contributed by atoms with Crippen molar-refractivity contribution in [1.82, 2.24) is 9.88 Å². The Morgan fingerprint density at radius 2 is 1.71 bits per heavy atom. The van der Waals surface area contributed by atoms with E-state index >= 15 is 0 Å². The van der Waals surface area contributed by atoms with Crippen molar-refractivity contribution in [3.8, 4) is 28.8 Å². The van der Waals surface area contributed by atoms with Gasteiger partial charge in [0.1, 0.15) is 29.2 Å². The molecule has 0 aliphatic rings. The highest BCUT2D eigenvalue weighted by Crippen LogP contribution is 2.34. The van der Waals surface area contributed by atoms with Gasteiger partial charge in [0.15, 0.2) is 0 Å². The second-order valence-corrected chi connectivity index (χ2v) is 10.4. The normalized spacial score (nSPS) is 11.8. The molecule has 0 aliphatic carbocycles. The summed E-state index contributed by atoms with van der Waals surface area (Å²) in [6, 6.07) is 19.3. The van der Waals surface area contributed by atoms with Gasteiger partial charge in [-0.05, 0) is 85.5 Å². The predicted octanol–water partition coefficient (Wildman–Crippen LogP) is 6.54. The number of amides is 1. The molecule has 1 amide bonds. The number of methoxy groups -OCH3 is 1. The molecule has 1 atom stereocenters. The Labute approximate surface area is 257 Å². The molecular formula is C34H30F3N3O5. The predicted molar refractivity (Wildman–Crippen MR) is 161 cm³/mol. The lowest BCUT2D eigenvalue weighted by Gasteiger charge is -2.19. The second-order valence-electron chi connectivity index (χ2n) is 10.4. The smallest absolute Gasteiger partial charge is 0.417 e. The van der Waals surface area contributed by atoms with Gasteiger partial charge in [-0.1, -0.05) is 36.8 Å². The zero-order chi connectivity index (χ0) is 32.9. The molecule has 0 saturated heterocycles. The number of nitriles is 1. The van der Waals surface area contributed by atoms with Crippen LogP contribution in [0.15, 0.2) is 77.6 Å². The van der Waals surface area contributed by atoms with Crippen LogP contribution >= 0.6 is 0 Å². The van der Waals surface area contributed by atoms with Crippen molar-refractivity contribution in [3.05, 3.63) is 117 Å². The number of rotatable bonds is 9. The average molecular weight is 618 g/mol. The molecule has 0 fully saturated rings. The van der Waals surface area contributed by atoms with E-state index in [4.69, 9.17) is 9.47 Å². The van der Waals surface area contributed by atoms with Crippen molar-refractivity contribution in [1.29, 1.82) is 5.26 Å². The number of aryl methyl sites for hydroxylation is 2. The van der Waals surface area contributed by atoms with Crippen LogP contribution < -0.4 is 15.6 Å². The van der Waals surface area contributed by atoms with Gasteiger partial charge in [-0.2, -0.15) is 18.4 Å². The molecule has 0 radical (unpaired) electrons. The number of ether oxygens (including phenoxy) is 2. The SMILES string of the molecule is CC[C@H](NC(=O)c1cccc(Oc2ccc(-c3cc(C(F)(F)F)c(C#N)c(=O)n3Cc3ccc(C)cc3C)cc2)c1)C(=O)OC. The fraction of sp³-hybridized carbons (Fsp3) is 0.235. The van der Waals surface area contributed by atoms with Gasteiger partial charge >= 0.3 is 12.1 Å². The van der Waals surface area contributed by atoms with E-state index in [1.807, 2.05) is 26.0 Å². The molecule has 1 heterocycles. The van der Waals surface area contributed by atoms with E-state index in [-0.39, 0.29) is 17.8 Å². The van der Waals surface area contributed by atoms with Crippen LogP contribution in [0.25, 0.3) is 11.3 Å². The topological polar surface area (TPSA) is 110 Å². The summed E-state index contributed by atoms with van der Waals surface area (Å²) in [7, 11) is 1.23. The molecule has 4 aromatic rings. The van der Waals surface area contributed by atoms with Crippen molar-refractivity contribution < 1.29 is 32.2 Å². The van der Waals surface area contributed by atoms with E-state index in [1.165, 1.54) is 48.1 Å². The van der Waals surface area contributed by atoms with Crippen LogP contribution in [0.2, 0.25) is 0 Å². The van der Waals surface area contributed by atoms with Crippen molar-refractivity contribution in [2.24, 2.45) is 0 Å². The van der Waals surface area contributed by atoms with Crippen molar-refractivity contribution in [2.45, 2.75) is 46.0 Å². The number of hydrogen-bond donors (Lipinski definition) is 1. The van der Waals surface area contributed by atoms with E-state index < -0.39 is 40.8 Å². The van der Waals surface area contributed by atoms with E-state index in [1.54, 1.807) is 31.2 Å². The molecule has 45 heavy (non-hydrogen) atoms. The van der Waals surface area contributed by atoms with E-state index in [2.05, 4.69) is 5.32 Å². The van der Waals surface area contributed by atoms with Crippen molar-refractivity contribution in [2.75, 3.05) is 7.11 Å². The standard InChI is InChI=1S/C34H30F3N3O5/c1-5-29(33(43)44-4)39-31(41)23-7-6-8-26(16-23)45-25-13-11-22(12-14-25)30-17-28(34(35,36)37)27(18-38)32(42)40(30)19-24-10-9-20(2)15-21(24)3/h6-17,29H,5,19H2,1-4H3,(H,39,41)/t29-/m0/s1. The Bertz CT molecular complexity index is 1840. The number of aromatic nitrogens is 1. The van der Waals surface area contributed by atoms with Gasteiger partial charge < -0.3 is 19.4 Å². The maximum absolute atomic E-state index is 14.0. The number of nitrogens with one attached hydrogen (secondary N) is 1. The number of pyridine rings is 1. The first kappa shape index (κ1) is 32.5. The highest BCUT2D eigenvalue weighted by molar-refractivity contribution is 5.97. The third-order valence-corrected chi connectivity index (χ3v) is 7.23. The minimum Gasteiger partial charge on any atom is -0.467 e. The molecule has 0 aliphatic heterocycles. The molecule has 0 unspecified atom stereocenters. The summed E-state index contributed by atoms with van der Waals surface area (Å²) in [6.45, 7) is 5.43. The fourth-order valence-corrected chi connectivity index (χ4v) is 4.81. The van der Waals surface area contributed by atoms with Crippen LogP contribution in [-0.2, 0) is 22.3 Å². The summed E-state index contributed by atoms with van der Waals surface area (Å²) in [5.41, 5.74) is -0.272. The Balaban J connectivity index is 1.68. The van der Waals surface area contributed by atoms with Crippen LogP contribution in [0.3, 0.4) is 0 Å². The lowest BCUT2D eigenvalue weighted by Crippen LogP contribution is -2.41. The first-order valence-electron chi connectivity index (χ1n) is 13.9. The fourth-order valence-electron chi connectivity index (χ4n) is 4.81. The zero-order valence-corrected chi connectivity index (χ0v) is 25.0. The van der Waals surface area contributed by atoms with Gasteiger partial charge in [0.2, 0.25) is 0 Å². The summed E-state index contributed by atoms with van der Waals surface area (Å²) >= 11 is 0. The molecule has 232 valence electrons. The van der Waals surface area contributed by atoms with Gasteiger partial charge in [-0.25, -0.2) is 4.79 Å². The molecule has 0 bridgehead atoms. The number of hydrogen-bond acceptors (Lipinski definition) is 6. The highest BCUT2D eigenvalue weighted by atomic mass is 19.4. The maximum Gasteiger partial charge on any atom is 0.417 e. The Morgan fingerprint density at radius 3 is 2.31 bits per heavy atom.